The Kier molecular flexibility index (Phi) is 5.20. The molecule has 2 heterocycles. The topological polar surface area (TPSA) is 69.5 Å². The van der Waals surface area contributed by atoms with Crippen LogP contribution in [0.3, 0.4) is 0 Å². The van der Waals surface area contributed by atoms with Gasteiger partial charge in [-0.25, -0.2) is 4.79 Å². The van der Waals surface area contributed by atoms with Crippen LogP contribution in [-0.2, 0) is 9.47 Å². The zero-order valence-electron chi connectivity index (χ0n) is 15.4. The number of aromatic nitrogens is 3. The predicted molar refractivity (Wildman–Crippen MR) is 97.6 cm³/mol. The van der Waals surface area contributed by atoms with Crippen LogP contribution in [0.25, 0.3) is 5.69 Å². The highest BCUT2D eigenvalue weighted by Crippen LogP contribution is 2.26. The van der Waals surface area contributed by atoms with Gasteiger partial charge < -0.3 is 14.4 Å². The molecule has 0 radical (unpaired) electrons. The molecule has 1 saturated heterocycles. The number of benzene rings is 1. The fourth-order valence-corrected chi connectivity index (χ4v) is 2.92. The highest BCUT2D eigenvalue weighted by Gasteiger charge is 2.32. The van der Waals surface area contributed by atoms with Crippen molar-refractivity contribution in [1.29, 1.82) is 0 Å². The molecule has 1 fully saturated rings. The molecule has 1 atom stereocenters. The normalized spacial score (nSPS) is 18.0. The van der Waals surface area contributed by atoms with E-state index in [9.17, 15) is 4.79 Å². The largest absolute Gasteiger partial charge is 0.444 e. The van der Waals surface area contributed by atoms with Crippen LogP contribution in [0.2, 0.25) is 5.02 Å². The number of ether oxygens (including phenoxy) is 2. The van der Waals surface area contributed by atoms with Crippen molar-refractivity contribution in [3.8, 4) is 5.69 Å². The number of carbonyl (C=O) groups is 1. The zero-order valence-corrected chi connectivity index (χ0v) is 16.2. The Hall–Kier alpha value is -2.12. The Morgan fingerprint density at radius 3 is 2.62 bits per heavy atom. The lowest BCUT2D eigenvalue weighted by Crippen LogP contribution is -2.45. The zero-order chi connectivity index (χ0) is 18.9. The molecule has 26 heavy (non-hydrogen) atoms. The van der Waals surface area contributed by atoms with Crippen molar-refractivity contribution < 1.29 is 14.3 Å². The maximum absolute atomic E-state index is 12.4. The molecule has 7 nitrogen and oxygen atoms in total. The third-order valence-electron chi connectivity index (χ3n) is 3.94. The molecule has 1 unspecified atom stereocenters. The number of halogens is 1. The van der Waals surface area contributed by atoms with Gasteiger partial charge in [-0.05, 0) is 52.0 Å². The van der Waals surface area contributed by atoms with Gasteiger partial charge >= 0.3 is 6.09 Å². The van der Waals surface area contributed by atoms with Crippen molar-refractivity contribution in [1.82, 2.24) is 19.7 Å². The van der Waals surface area contributed by atoms with Crippen LogP contribution in [-0.4, -0.2) is 51.1 Å². The van der Waals surface area contributed by atoms with Crippen LogP contribution >= 0.6 is 11.6 Å². The number of hydrogen-bond donors (Lipinski definition) is 0. The first kappa shape index (κ1) is 18.7. The van der Waals surface area contributed by atoms with Crippen molar-refractivity contribution in [3.05, 3.63) is 40.9 Å². The van der Waals surface area contributed by atoms with E-state index in [-0.39, 0.29) is 12.2 Å². The number of aryl methyl sites for hydroxylation is 1. The van der Waals surface area contributed by atoms with Crippen LogP contribution in [0.4, 0.5) is 4.79 Å². The molecule has 0 aliphatic carbocycles. The van der Waals surface area contributed by atoms with Gasteiger partial charge in [-0.1, -0.05) is 11.6 Å². The van der Waals surface area contributed by atoms with Gasteiger partial charge in [0, 0.05) is 17.3 Å². The molecule has 2 aromatic rings. The number of carbonyl (C=O) groups excluding carboxylic acids is 1. The summed E-state index contributed by atoms with van der Waals surface area (Å²) in [7, 11) is 0. The second-order valence-corrected chi connectivity index (χ2v) is 7.64. The fourth-order valence-electron chi connectivity index (χ4n) is 2.79. The molecule has 0 saturated carbocycles. The molecule has 8 heteroatoms. The molecule has 1 aromatic carbocycles. The van der Waals surface area contributed by atoms with Crippen molar-refractivity contribution in [2.45, 2.75) is 39.4 Å². The monoisotopic (exact) mass is 378 g/mol. The third-order valence-corrected chi connectivity index (χ3v) is 4.19. The first-order valence-corrected chi connectivity index (χ1v) is 8.90. The van der Waals surface area contributed by atoms with E-state index in [2.05, 4.69) is 10.2 Å². The third kappa shape index (κ3) is 4.16. The summed E-state index contributed by atoms with van der Waals surface area (Å²) in [4.78, 5) is 14.0. The minimum Gasteiger partial charge on any atom is -0.444 e. The van der Waals surface area contributed by atoms with Crippen LogP contribution in [0, 0.1) is 6.92 Å². The van der Waals surface area contributed by atoms with Crippen molar-refractivity contribution in [3.63, 3.8) is 0 Å². The highest BCUT2D eigenvalue weighted by atomic mass is 35.5. The summed E-state index contributed by atoms with van der Waals surface area (Å²) in [5.41, 5.74) is 0.357. The molecule has 3 rings (SSSR count). The maximum atomic E-state index is 12.4. The molecule has 0 N–H and O–H groups in total. The van der Waals surface area contributed by atoms with E-state index in [4.69, 9.17) is 21.1 Å². The predicted octanol–water partition coefficient (Wildman–Crippen LogP) is 3.54. The quantitative estimate of drug-likeness (QED) is 0.799. The summed E-state index contributed by atoms with van der Waals surface area (Å²) in [6, 6.07) is 7.43. The molecule has 140 valence electrons. The van der Waals surface area contributed by atoms with Gasteiger partial charge in [-0.15, -0.1) is 10.2 Å². The molecule has 1 aliphatic rings. The van der Waals surface area contributed by atoms with Crippen LogP contribution < -0.4 is 0 Å². The summed E-state index contributed by atoms with van der Waals surface area (Å²) in [5.74, 6) is 1.39. The van der Waals surface area contributed by atoms with Gasteiger partial charge in [0.15, 0.2) is 5.82 Å². The van der Waals surface area contributed by atoms with Crippen LogP contribution in [0.5, 0.6) is 0 Å². The first-order chi connectivity index (χ1) is 12.2. The van der Waals surface area contributed by atoms with E-state index in [1.807, 2.05) is 56.5 Å². The Balaban J connectivity index is 1.83. The summed E-state index contributed by atoms with van der Waals surface area (Å²) in [6.45, 7) is 8.69. The van der Waals surface area contributed by atoms with Crippen molar-refractivity contribution in [2.75, 3.05) is 19.7 Å². The molecular weight excluding hydrogens is 356 g/mol. The maximum Gasteiger partial charge on any atom is 0.410 e. The number of amides is 1. The standard InChI is InChI=1S/C18H23ClN4O3/c1-12-20-21-16(23(12)14-7-5-13(19)6-8-14)15-11-22(9-10-25-15)17(24)26-18(2,3)4/h5-8,15H,9-11H2,1-4H3. The lowest BCUT2D eigenvalue weighted by atomic mass is 10.2. The molecule has 1 aromatic heterocycles. The van der Waals surface area contributed by atoms with E-state index >= 15 is 0 Å². The van der Waals surface area contributed by atoms with E-state index in [1.54, 1.807) is 4.90 Å². The molecular formula is C18H23ClN4O3. The number of hydrogen-bond acceptors (Lipinski definition) is 5. The summed E-state index contributed by atoms with van der Waals surface area (Å²) in [5, 5.41) is 9.13. The minimum atomic E-state index is -0.537. The minimum absolute atomic E-state index is 0.347. The van der Waals surface area contributed by atoms with E-state index in [0.717, 1.165) is 11.5 Å². The molecule has 0 spiro atoms. The van der Waals surface area contributed by atoms with Gasteiger partial charge in [0.2, 0.25) is 0 Å². The Morgan fingerprint density at radius 1 is 1.27 bits per heavy atom. The van der Waals surface area contributed by atoms with Crippen molar-refractivity contribution in [2.24, 2.45) is 0 Å². The second-order valence-electron chi connectivity index (χ2n) is 7.20. The van der Waals surface area contributed by atoms with Gasteiger partial charge in [0.05, 0.1) is 13.2 Å². The second kappa shape index (κ2) is 7.25. The van der Waals surface area contributed by atoms with Gasteiger partial charge in [0.1, 0.15) is 17.5 Å². The average molecular weight is 379 g/mol. The summed E-state index contributed by atoms with van der Waals surface area (Å²) < 4.78 is 13.3. The van der Waals surface area contributed by atoms with E-state index in [1.165, 1.54) is 0 Å². The highest BCUT2D eigenvalue weighted by molar-refractivity contribution is 6.30. The van der Waals surface area contributed by atoms with Gasteiger partial charge in [0.25, 0.3) is 0 Å². The van der Waals surface area contributed by atoms with Gasteiger partial charge in [-0.2, -0.15) is 0 Å². The van der Waals surface area contributed by atoms with Gasteiger partial charge in [-0.3, -0.25) is 4.57 Å². The number of nitrogens with zero attached hydrogens (tertiary/aromatic N) is 4. The Morgan fingerprint density at radius 2 is 1.96 bits per heavy atom. The lowest BCUT2D eigenvalue weighted by molar-refractivity contribution is -0.0468. The lowest BCUT2D eigenvalue weighted by Gasteiger charge is -2.33. The molecule has 1 amide bonds. The van der Waals surface area contributed by atoms with E-state index in [0.29, 0.717) is 30.5 Å². The first-order valence-electron chi connectivity index (χ1n) is 8.52. The molecule has 1 aliphatic heterocycles. The Labute approximate surface area is 157 Å². The average Bonchev–Trinajstić information content (AvgIpc) is 2.96. The number of rotatable bonds is 2. The summed E-state index contributed by atoms with van der Waals surface area (Å²) in [6.07, 6.45) is -0.728. The smallest absolute Gasteiger partial charge is 0.410 e. The SMILES string of the molecule is Cc1nnc(C2CN(C(=O)OC(C)(C)C)CCO2)n1-c1ccc(Cl)cc1. The summed E-state index contributed by atoms with van der Waals surface area (Å²) >= 11 is 5.98. The number of morpholine rings is 1. The van der Waals surface area contributed by atoms with Crippen molar-refractivity contribution >= 4 is 17.7 Å². The van der Waals surface area contributed by atoms with Crippen LogP contribution in [0.15, 0.2) is 24.3 Å². The van der Waals surface area contributed by atoms with E-state index < -0.39 is 5.60 Å². The molecule has 0 bridgehead atoms. The fraction of sp³-hybridized carbons (Fsp3) is 0.500. The Bertz CT molecular complexity index is 783. The van der Waals surface area contributed by atoms with Crippen LogP contribution in [0.1, 0.15) is 38.5 Å².